The molecule has 0 bridgehead atoms. The van der Waals surface area contributed by atoms with Crippen molar-refractivity contribution in [1.29, 1.82) is 5.26 Å². The molecule has 86 valence electrons. The molecule has 0 saturated carbocycles. The van der Waals surface area contributed by atoms with Gasteiger partial charge >= 0.3 is 0 Å². The van der Waals surface area contributed by atoms with E-state index in [1.807, 2.05) is 24.3 Å². The van der Waals surface area contributed by atoms with E-state index < -0.39 is 0 Å². The van der Waals surface area contributed by atoms with Crippen LogP contribution in [0.3, 0.4) is 0 Å². The van der Waals surface area contributed by atoms with E-state index in [4.69, 9.17) is 16.9 Å². The minimum absolute atomic E-state index is 0.266. The fraction of sp³-hybridized carbons (Fsp3) is 0.462. The molecule has 0 fully saturated rings. The van der Waals surface area contributed by atoms with Crippen molar-refractivity contribution in [1.82, 2.24) is 5.32 Å². The van der Waals surface area contributed by atoms with Crippen molar-refractivity contribution in [3.05, 3.63) is 34.9 Å². The highest BCUT2D eigenvalue weighted by atomic mass is 35.5. The fourth-order valence-electron chi connectivity index (χ4n) is 1.44. The van der Waals surface area contributed by atoms with Gasteiger partial charge in [-0.15, -0.1) is 0 Å². The number of hydrogen-bond donors (Lipinski definition) is 1. The quantitative estimate of drug-likeness (QED) is 0.849. The van der Waals surface area contributed by atoms with Crippen LogP contribution in [-0.4, -0.2) is 6.54 Å². The van der Waals surface area contributed by atoms with E-state index in [0.717, 1.165) is 18.5 Å². The van der Waals surface area contributed by atoms with Gasteiger partial charge in [0, 0.05) is 5.02 Å². The highest BCUT2D eigenvalue weighted by Gasteiger charge is 2.09. The van der Waals surface area contributed by atoms with Gasteiger partial charge in [-0.1, -0.05) is 37.6 Å². The minimum Gasteiger partial charge on any atom is -0.298 e. The maximum absolute atomic E-state index is 9.08. The summed E-state index contributed by atoms with van der Waals surface area (Å²) in [5.41, 5.74) is 0.929. The van der Waals surface area contributed by atoms with Gasteiger partial charge in [-0.25, -0.2) is 0 Å². The van der Waals surface area contributed by atoms with Crippen molar-refractivity contribution < 1.29 is 0 Å². The van der Waals surface area contributed by atoms with Gasteiger partial charge in [-0.2, -0.15) is 5.26 Å². The van der Waals surface area contributed by atoms with Gasteiger partial charge < -0.3 is 0 Å². The molecule has 0 aliphatic rings. The Morgan fingerprint density at radius 3 is 2.75 bits per heavy atom. The molecule has 1 rings (SSSR count). The summed E-state index contributed by atoms with van der Waals surface area (Å²) in [7, 11) is 0. The molecule has 0 aromatic heterocycles. The second-order valence-electron chi connectivity index (χ2n) is 4.25. The lowest BCUT2D eigenvalue weighted by molar-refractivity contribution is 0.519. The van der Waals surface area contributed by atoms with Gasteiger partial charge in [0.1, 0.15) is 6.04 Å². The first-order valence-corrected chi connectivity index (χ1v) is 5.89. The van der Waals surface area contributed by atoms with Crippen molar-refractivity contribution in [3.8, 4) is 6.07 Å². The SMILES string of the molecule is CC(C)CCNC(C#N)c1cccc(Cl)c1. The number of rotatable bonds is 5. The molecule has 0 saturated heterocycles. The molecule has 16 heavy (non-hydrogen) atoms. The summed E-state index contributed by atoms with van der Waals surface area (Å²) in [5.74, 6) is 0.645. The zero-order chi connectivity index (χ0) is 12.0. The van der Waals surface area contributed by atoms with Crippen molar-refractivity contribution in [3.63, 3.8) is 0 Å². The van der Waals surface area contributed by atoms with E-state index in [1.54, 1.807) is 0 Å². The van der Waals surface area contributed by atoms with E-state index in [-0.39, 0.29) is 6.04 Å². The van der Waals surface area contributed by atoms with Gasteiger partial charge in [-0.05, 0) is 36.6 Å². The molecule has 1 atom stereocenters. The molecule has 1 aromatic rings. The number of benzene rings is 1. The van der Waals surface area contributed by atoms with E-state index >= 15 is 0 Å². The second kappa shape index (κ2) is 6.52. The maximum atomic E-state index is 9.08. The molecule has 1 N–H and O–H groups in total. The molecular formula is C13H17ClN2. The normalized spacial score (nSPS) is 12.4. The predicted molar refractivity (Wildman–Crippen MR) is 67.3 cm³/mol. The third-order valence-corrected chi connectivity index (χ3v) is 2.62. The highest BCUT2D eigenvalue weighted by Crippen LogP contribution is 2.17. The van der Waals surface area contributed by atoms with Crippen LogP contribution < -0.4 is 5.32 Å². The highest BCUT2D eigenvalue weighted by molar-refractivity contribution is 6.30. The smallest absolute Gasteiger partial charge is 0.121 e. The van der Waals surface area contributed by atoms with E-state index in [9.17, 15) is 0 Å². The average Bonchev–Trinajstić information content (AvgIpc) is 2.24. The van der Waals surface area contributed by atoms with Crippen molar-refractivity contribution in [2.24, 2.45) is 5.92 Å². The number of hydrogen-bond acceptors (Lipinski definition) is 2. The summed E-state index contributed by atoms with van der Waals surface area (Å²) in [5, 5.41) is 13.0. The molecule has 2 nitrogen and oxygen atoms in total. The van der Waals surface area contributed by atoms with E-state index in [1.165, 1.54) is 0 Å². The van der Waals surface area contributed by atoms with E-state index in [2.05, 4.69) is 25.2 Å². The van der Waals surface area contributed by atoms with Crippen LogP contribution in [0.4, 0.5) is 0 Å². The van der Waals surface area contributed by atoms with Crippen molar-refractivity contribution in [2.45, 2.75) is 26.3 Å². The summed E-state index contributed by atoms with van der Waals surface area (Å²) in [6, 6.07) is 9.41. The summed E-state index contributed by atoms with van der Waals surface area (Å²) in [4.78, 5) is 0. The Morgan fingerprint density at radius 1 is 1.44 bits per heavy atom. The molecule has 0 aliphatic heterocycles. The third kappa shape index (κ3) is 4.22. The van der Waals surface area contributed by atoms with Crippen LogP contribution in [0.15, 0.2) is 24.3 Å². The second-order valence-corrected chi connectivity index (χ2v) is 4.69. The Hall–Kier alpha value is -1.04. The lowest BCUT2D eigenvalue weighted by Crippen LogP contribution is -2.22. The average molecular weight is 237 g/mol. The zero-order valence-corrected chi connectivity index (χ0v) is 10.5. The molecule has 3 heteroatoms. The predicted octanol–water partition coefficient (Wildman–Crippen LogP) is 3.54. The third-order valence-electron chi connectivity index (χ3n) is 2.38. The largest absolute Gasteiger partial charge is 0.298 e. The van der Waals surface area contributed by atoms with Gasteiger partial charge in [0.25, 0.3) is 0 Å². The van der Waals surface area contributed by atoms with Crippen LogP contribution in [0.5, 0.6) is 0 Å². The van der Waals surface area contributed by atoms with Gasteiger partial charge in [0.05, 0.1) is 6.07 Å². The lowest BCUT2D eigenvalue weighted by Gasteiger charge is -2.13. The number of nitrogens with zero attached hydrogens (tertiary/aromatic N) is 1. The summed E-state index contributed by atoms with van der Waals surface area (Å²) < 4.78 is 0. The molecule has 1 unspecified atom stereocenters. The Morgan fingerprint density at radius 2 is 2.19 bits per heavy atom. The number of nitrogens with one attached hydrogen (secondary N) is 1. The lowest BCUT2D eigenvalue weighted by atomic mass is 10.1. The minimum atomic E-state index is -0.266. The van der Waals surface area contributed by atoms with Gasteiger partial charge in [0.15, 0.2) is 0 Å². The van der Waals surface area contributed by atoms with Crippen molar-refractivity contribution in [2.75, 3.05) is 6.54 Å². The molecule has 0 radical (unpaired) electrons. The first kappa shape index (κ1) is 13.0. The van der Waals surface area contributed by atoms with Gasteiger partial charge in [0.2, 0.25) is 0 Å². The fourth-order valence-corrected chi connectivity index (χ4v) is 1.64. The Labute approximate surface area is 102 Å². The molecule has 0 aliphatic carbocycles. The van der Waals surface area contributed by atoms with Crippen LogP contribution in [-0.2, 0) is 0 Å². The van der Waals surface area contributed by atoms with Crippen LogP contribution in [0.2, 0.25) is 5.02 Å². The summed E-state index contributed by atoms with van der Waals surface area (Å²) >= 11 is 5.89. The summed E-state index contributed by atoms with van der Waals surface area (Å²) in [6.45, 7) is 5.19. The first-order valence-electron chi connectivity index (χ1n) is 5.52. The number of halogens is 1. The molecule has 0 heterocycles. The Balaban J connectivity index is 2.58. The Kier molecular flexibility index (Phi) is 5.31. The summed E-state index contributed by atoms with van der Waals surface area (Å²) in [6.07, 6.45) is 1.07. The van der Waals surface area contributed by atoms with Crippen LogP contribution in [0, 0.1) is 17.2 Å². The Bertz CT molecular complexity index is 368. The van der Waals surface area contributed by atoms with E-state index in [0.29, 0.717) is 10.9 Å². The van der Waals surface area contributed by atoms with Crippen LogP contribution in [0.25, 0.3) is 0 Å². The monoisotopic (exact) mass is 236 g/mol. The van der Waals surface area contributed by atoms with Crippen molar-refractivity contribution >= 4 is 11.6 Å². The molecule has 0 spiro atoms. The molecule has 0 amide bonds. The first-order chi connectivity index (χ1) is 7.63. The van der Waals surface area contributed by atoms with Crippen LogP contribution in [0.1, 0.15) is 31.9 Å². The maximum Gasteiger partial charge on any atom is 0.121 e. The zero-order valence-electron chi connectivity index (χ0n) is 9.70. The van der Waals surface area contributed by atoms with Gasteiger partial charge in [-0.3, -0.25) is 5.32 Å². The standard InChI is InChI=1S/C13H17ClN2/c1-10(2)6-7-16-13(9-15)11-4-3-5-12(14)8-11/h3-5,8,10,13,16H,6-7H2,1-2H3. The topological polar surface area (TPSA) is 35.8 Å². The molecular weight excluding hydrogens is 220 g/mol. The van der Waals surface area contributed by atoms with Crippen LogP contribution >= 0.6 is 11.6 Å². The number of nitriles is 1. The molecule has 1 aromatic carbocycles.